The number of benzene rings is 1. The molecule has 1 aromatic carbocycles. The van der Waals surface area contributed by atoms with Gasteiger partial charge in [-0.1, -0.05) is 93.2 Å². The first kappa shape index (κ1) is 15.6. The summed E-state index contributed by atoms with van der Waals surface area (Å²) in [7, 11) is -1.27. The number of hydrogen-bond acceptors (Lipinski definition) is 0. The van der Waals surface area contributed by atoms with Gasteiger partial charge in [0.25, 0.3) is 0 Å². The normalized spacial score (nSPS) is 19.4. The average Bonchev–Trinajstić information content (AvgIpc) is 2.46. The largest absolute Gasteiger partial charge is 0.0917 e. The maximum atomic E-state index is 2.60. The van der Waals surface area contributed by atoms with Gasteiger partial charge in [-0.3, -0.25) is 0 Å². The fraction of sp³-hybridized carbons (Fsp3) is 0.579. The molecule has 1 aliphatic carbocycles. The van der Waals surface area contributed by atoms with Crippen LogP contribution in [-0.4, -0.2) is 8.07 Å². The topological polar surface area (TPSA) is 0 Å². The molecule has 0 N–H and O–H groups in total. The van der Waals surface area contributed by atoms with Crippen LogP contribution in [0.3, 0.4) is 0 Å². The molecule has 0 aliphatic heterocycles. The molecule has 0 unspecified atom stereocenters. The van der Waals surface area contributed by atoms with E-state index >= 15 is 0 Å². The lowest BCUT2D eigenvalue weighted by atomic mass is 9.86. The van der Waals surface area contributed by atoms with Crippen molar-refractivity contribution in [2.24, 2.45) is 5.92 Å². The summed E-state index contributed by atoms with van der Waals surface area (Å²) in [5.74, 6) is 0.949. The molecule has 1 heteroatoms. The maximum absolute atomic E-state index is 2.60. The SMILES string of the molecule is C/C=C/[C@@H](C1CCCCC1)[Si](C)(C)Cc1ccccc1. The maximum Gasteiger partial charge on any atom is 0.0590 e. The third-order valence-corrected chi connectivity index (χ3v) is 8.75. The summed E-state index contributed by atoms with van der Waals surface area (Å²) in [6.07, 6.45) is 12.1. The standard InChI is InChI=1S/C19H30Si/c1-4-11-19(18-14-9-6-10-15-18)20(2,3)16-17-12-7-5-8-13-17/h4-5,7-8,11-13,18-19H,6,9-10,14-16H2,1-3H3/b11-4+/t19-/m0/s1. The zero-order valence-corrected chi connectivity index (χ0v) is 14.4. The number of allylic oxidation sites excluding steroid dienone is 2. The van der Waals surface area contributed by atoms with E-state index in [0.717, 1.165) is 11.5 Å². The van der Waals surface area contributed by atoms with E-state index in [1.807, 2.05) is 0 Å². The van der Waals surface area contributed by atoms with Gasteiger partial charge in [0, 0.05) is 0 Å². The van der Waals surface area contributed by atoms with Crippen molar-refractivity contribution in [3.05, 3.63) is 48.0 Å². The van der Waals surface area contributed by atoms with Gasteiger partial charge in [0.1, 0.15) is 0 Å². The molecule has 0 nitrogen and oxygen atoms in total. The Morgan fingerprint density at radius 3 is 2.35 bits per heavy atom. The molecule has 0 saturated heterocycles. The summed E-state index contributed by atoms with van der Waals surface area (Å²) in [4.78, 5) is 0. The summed E-state index contributed by atoms with van der Waals surface area (Å²) >= 11 is 0. The first-order chi connectivity index (χ1) is 9.63. The van der Waals surface area contributed by atoms with E-state index in [2.05, 4.69) is 62.5 Å². The Kier molecular flexibility index (Phi) is 5.65. The van der Waals surface area contributed by atoms with Gasteiger partial charge in [-0.05, 0) is 24.4 Å². The Morgan fingerprint density at radius 1 is 1.10 bits per heavy atom. The highest BCUT2D eigenvalue weighted by molar-refractivity contribution is 6.78. The van der Waals surface area contributed by atoms with Crippen LogP contribution < -0.4 is 0 Å². The highest BCUT2D eigenvalue weighted by atomic mass is 28.3. The number of hydrogen-bond donors (Lipinski definition) is 0. The fourth-order valence-electron chi connectivity index (χ4n) is 4.00. The third kappa shape index (κ3) is 4.08. The third-order valence-electron chi connectivity index (χ3n) is 4.96. The molecule has 0 aromatic heterocycles. The fourth-order valence-corrected chi connectivity index (χ4v) is 7.84. The number of rotatable bonds is 5. The summed E-state index contributed by atoms with van der Waals surface area (Å²) in [5, 5.41) is 0. The summed E-state index contributed by atoms with van der Waals surface area (Å²) in [5.41, 5.74) is 2.39. The second kappa shape index (κ2) is 7.26. The minimum atomic E-state index is -1.27. The van der Waals surface area contributed by atoms with Gasteiger partial charge in [0.2, 0.25) is 0 Å². The zero-order valence-electron chi connectivity index (χ0n) is 13.4. The molecule has 1 aromatic rings. The Labute approximate surface area is 126 Å². The van der Waals surface area contributed by atoms with Gasteiger partial charge in [0.15, 0.2) is 0 Å². The minimum absolute atomic E-state index is 0.855. The predicted octanol–water partition coefficient (Wildman–Crippen LogP) is 6.00. The van der Waals surface area contributed by atoms with E-state index in [1.165, 1.54) is 43.7 Å². The molecule has 1 aliphatic rings. The van der Waals surface area contributed by atoms with Gasteiger partial charge >= 0.3 is 0 Å². The van der Waals surface area contributed by atoms with Crippen molar-refractivity contribution in [2.75, 3.05) is 0 Å². The Morgan fingerprint density at radius 2 is 1.75 bits per heavy atom. The van der Waals surface area contributed by atoms with Crippen LogP contribution in [0.1, 0.15) is 44.6 Å². The molecule has 20 heavy (non-hydrogen) atoms. The summed E-state index contributed by atoms with van der Waals surface area (Å²) in [6.45, 7) is 7.39. The van der Waals surface area contributed by atoms with Crippen LogP contribution in [0.25, 0.3) is 0 Å². The Hall–Kier alpha value is -0.823. The summed E-state index contributed by atoms with van der Waals surface area (Å²) < 4.78 is 0. The van der Waals surface area contributed by atoms with Gasteiger partial charge < -0.3 is 0 Å². The van der Waals surface area contributed by atoms with Crippen molar-refractivity contribution >= 4 is 8.07 Å². The van der Waals surface area contributed by atoms with Crippen LogP contribution >= 0.6 is 0 Å². The molecule has 0 spiro atoms. The molecule has 0 radical (unpaired) electrons. The van der Waals surface area contributed by atoms with Crippen LogP contribution in [0.2, 0.25) is 18.6 Å². The van der Waals surface area contributed by atoms with E-state index < -0.39 is 8.07 Å². The zero-order chi connectivity index (χ0) is 14.4. The van der Waals surface area contributed by atoms with Gasteiger partial charge in [-0.2, -0.15) is 0 Å². The lowest BCUT2D eigenvalue weighted by Gasteiger charge is -2.38. The summed E-state index contributed by atoms with van der Waals surface area (Å²) in [6, 6.07) is 12.4. The lowest BCUT2D eigenvalue weighted by Crippen LogP contribution is -2.39. The van der Waals surface area contributed by atoms with E-state index in [9.17, 15) is 0 Å². The van der Waals surface area contributed by atoms with Gasteiger partial charge in [0.05, 0.1) is 8.07 Å². The molecule has 110 valence electrons. The Bertz CT molecular complexity index is 413. The predicted molar refractivity (Wildman–Crippen MR) is 92.8 cm³/mol. The second-order valence-electron chi connectivity index (χ2n) is 7.10. The van der Waals surface area contributed by atoms with E-state index in [0.29, 0.717) is 0 Å². The first-order valence-corrected chi connectivity index (χ1v) is 11.6. The van der Waals surface area contributed by atoms with Crippen LogP contribution in [0.5, 0.6) is 0 Å². The smallest absolute Gasteiger partial charge is 0.0590 e. The minimum Gasteiger partial charge on any atom is -0.0917 e. The van der Waals surface area contributed by atoms with Gasteiger partial charge in [-0.25, -0.2) is 0 Å². The van der Waals surface area contributed by atoms with Crippen molar-refractivity contribution in [1.29, 1.82) is 0 Å². The molecule has 1 saturated carbocycles. The van der Waals surface area contributed by atoms with Crippen molar-refractivity contribution in [3.8, 4) is 0 Å². The molecule has 1 atom stereocenters. The molecule has 2 rings (SSSR count). The van der Waals surface area contributed by atoms with Crippen molar-refractivity contribution in [3.63, 3.8) is 0 Å². The first-order valence-electron chi connectivity index (χ1n) is 8.30. The van der Waals surface area contributed by atoms with Crippen LogP contribution in [-0.2, 0) is 6.04 Å². The van der Waals surface area contributed by atoms with E-state index in [4.69, 9.17) is 0 Å². The lowest BCUT2D eigenvalue weighted by molar-refractivity contribution is 0.356. The monoisotopic (exact) mass is 286 g/mol. The second-order valence-corrected chi connectivity index (χ2v) is 12.1. The van der Waals surface area contributed by atoms with E-state index in [-0.39, 0.29) is 0 Å². The van der Waals surface area contributed by atoms with Crippen LogP contribution in [0.15, 0.2) is 42.5 Å². The van der Waals surface area contributed by atoms with Gasteiger partial charge in [-0.15, -0.1) is 0 Å². The van der Waals surface area contributed by atoms with Crippen molar-refractivity contribution in [2.45, 2.75) is 63.7 Å². The molecular formula is C19H30Si. The molecule has 0 heterocycles. The molecule has 1 fully saturated rings. The highest BCUT2D eigenvalue weighted by Crippen LogP contribution is 2.41. The van der Waals surface area contributed by atoms with Crippen molar-refractivity contribution < 1.29 is 0 Å². The van der Waals surface area contributed by atoms with Crippen molar-refractivity contribution in [1.82, 2.24) is 0 Å². The quantitative estimate of drug-likeness (QED) is 0.460. The molecular weight excluding hydrogens is 256 g/mol. The van der Waals surface area contributed by atoms with Crippen LogP contribution in [0.4, 0.5) is 0 Å². The van der Waals surface area contributed by atoms with Crippen LogP contribution in [0, 0.1) is 5.92 Å². The molecule has 0 amide bonds. The highest BCUT2D eigenvalue weighted by Gasteiger charge is 2.35. The Balaban J connectivity index is 2.13. The molecule has 0 bridgehead atoms. The van der Waals surface area contributed by atoms with E-state index in [1.54, 1.807) is 0 Å². The average molecular weight is 287 g/mol.